The van der Waals surface area contributed by atoms with Gasteiger partial charge in [-0.05, 0) is 74.8 Å². The van der Waals surface area contributed by atoms with Gasteiger partial charge < -0.3 is 32.6 Å². The minimum absolute atomic E-state index is 0. The third-order valence-electron chi connectivity index (χ3n) is 7.38. The minimum Gasteiger partial charge on any atom is -0.423 e. The van der Waals surface area contributed by atoms with Gasteiger partial charge >= 0.3 is 7.12 Å². The van der Waals surface area contributed by atoms with E-state index in [-0.39, 0.29) is 7.43 Å². The van der Waals surface area contributed by atoms with Crippen LogP contribution in [0.4, 0.5) is 22.7 Å². The molecule has 0 radical (unpaired) electrons. The van der Waals surface area contributed by atoms with Gasteiger partial charge in [0.25, 0.3) is 0 Å². The molecule has 340 valence electrons. The van der Waals surface area contributed by atoms with Crippen LogP contribution in [0.2, 0.25) is 0 Å². The molecule has 0 fully saturated rings. The zero-order valence-electron chi connectivity index (χ0n) is 38.8. The summed E-state index contributed by atoms with van der Waals surface area (Å²) >= 11 is 0. The van der Waals surface area contributed by atoms with Gasteiger partial charge in [0.2, 0.25) is 0 Å². The van der Waals surface area contributed by atoms with Gasteiger partial charge in [-0.2, -0.15) is 0 Å². The second-order valence-electron chi connectivity index (χ2n) is 12.6. The normalized spacial score (nSPS) is 8.22. The van der Waals surface area contributed by atoms with Crippen molar-refractivity contribution in [2.75, 3.05) is 29.6 Å². The molecule has 7 heteroatoms. The summed E-state index contributed by atoms with van der Waals surface area (Å²) < 4.78 is 0. The molecule has 0 aromatic heterocycles. The molecule has 0 unspecified atom stereocenters. The smallest absolute Gasteiger partial charge is 0.423 e. The van der Waals surface area contributed by atoms with Crippen LogP contribution in [0.5, 0.6) is 0 Å². The molecule has 0 heterocycles. The quantitative estimate of drug-likeness (QED) is 0.0758. The lowest BCUT2D eigenvalue weighted by Crippen LogP contribution is -2.29. The first kappa shape index (κ1) is 61.2. The van der Waals surface area contributed by atoms with Crippen LogP contribution in [-0.2, 0) is 0 Å². The first-order chi connectivity index (χ1) is 30.6. The van der Waals surface area contributed by atoms with Gasteiger partial charge in [-0.25, -0.2) is 0 Å². The molecule has 0 atom stereocenters. The van der Waals surface area contributed by atoms with Gasteiger partial charge in [-0.15, -0.1) is 0 Å². The molecule has 0 spiro atoms. The number of hydrogen-bond donors (Lipinski definition) is 6. The van der Waals surface area contributed by atoms with Crippen molar-refractivity contribution in [3.63, 3.8) is 0 Å². The van der Waals surface area contributed by atoms with Crippen molar-refractivity contribution >= 4 is 35.3 Å². The Bertz CT molecular complexity index is 1760. The fraction of sp³-hybridized carbons (Fsp3) is 0.158. The largest absolute Gasteiger partial charge is 0.488 e. The molecule has 0 aliphatic rings. The van der Waals surface area contributed by atoms with E-state index in [9.17, 15) is 0 Å². The van der Waals surface area contributed by atoms with E-state index in [1.165, 1.54) is 16.7 Å². The second kappa shape index (κ2) is 45.5. The van der Waals surface area contributed by atoms with E-state index in [4.69, 9.17) is 27.2 Å². The molecule has 8 aromatic carbocycles. The number of benzene rings is 8. The molecule has 9 N–H and O–H groups in total. The van der Waals surface area contributed by atoms with Crippen molar-refractivity contribution in [2.45, 2.75) is 55.9 Å². The van der Waals surface area contributed by atoms with Crippen molar-refractivity contribution in [1.82, 2.24) is 0 Å². The average molecular weight is 861 g/mol. The van der Waals surface area contributed by atoms with E-state index >= 15 is 0 Å². The third kappa shape index (κ3) is 40.4. The van der Waals surface area contributed by atoms with Gasteiger partial charge in [0.15, 0.2) is 0 Å². The summed E-state index contributed by atoms with van der Waals surface area (Å²) in [4.78, 5) is 0. The second-order valence-corrected chi connectivity index (χ2v) is 12.6. The number of nitrogen functional groups attached to an aromatic ring is 3. The van der Waals surface area contributed by atoms with Crippen LogP contribution in [0.3, 0.4) is 0 Å². The Morgan fingerprint density at radius 3 is 0.625 bits per heavy atom. The number of aryl methyl sites for hydroxylation is 3. The van der Waals surface area contributed by atoms with Gasteiger partial charge in [-0.1, -0.05) is 246 Å². The predicted molar refractivity (Wildman–Crippen MR) is 288 cm³/mol. The van der Waals surface area contributed by atoms with Crippen LogP contribution < -0.4 is 28.0 Å². The maximum absolute atomic E-state index is 8.58. The zero-order valence-corrected chi connectivity index (χ0v) is 38.8. The lowest BCUT2D eigenvalue weighted by atomic mass is 9.81. The van der Waals surface area contributed by atoms with Crippen molar-refractivity contribution in [2.24, 2.45) is 0 Å². The number of hydrogen-bond acceptors (Lipinski definition) is 6. The Morgan fingerprint density at radius 2 is 0.516 bits per heavy atom. The number of nitrogens with two attached hydrogens (primary N) is 3. The van der Waals surface area contributed by atoms with E-state index in [0.717, 1.165) is 22.7 Å². The Labute approximate surface area is 388 Å². The van der Waals surface area contributed by atoms with Crippen LogP contribution >= 0.6 is 0 Å². The molecule has 0 saturated carbocycles. The summed E-state index contributed by atoms with van der Waals surface area (Å²) in [6.07, 6.45) is 0. The van der Waals surface area contributed by atoms with Crippen LogP contribution in [-0.4, -0.2) is 24.2 Å². The topological polar surface area (TPSA) is 131 Å². The average Bonchev–Trinajstić information content (AvgIpc) is 3.34. The fourth-order valence-electron chi connectivity index (χ4n) is 4.19. The monoisotopic (exact) mass is 861 g/mol. The van der Waals surface area contributed by atoms with Gasteiger partial charge in [0, 0.05) is 29.8 Å². The van der Waals surface area contributed by atoms with Gasteiger partial charge in [-0.3, -0.25) is 0 Å². The van der Waals surface area contributed by atoms with Crippen molar-refractivity contribution < 1.29 is 10.0 Å². The first-order valence-corrected chi connectivity index (χ1v) is 21.2. The van der Waals surface area contributed by atoms with E-state index in [1.54, 1.807) is 24.3 Å². The fourth-order valence-corrected chi connectivity index (χ4v) is 4.19. The highest BCUT2D eigenvalue weighted by Crippen LogP contribution is 2.02. The van der Waals surface area contributed by atoms with Crippen LogP contribution in [0.1, 0.15) is 51.8 Å². The number of para-hydroxylation sites is 4. The summed E-state index contributed by atoms with van der Waals surface area (Å²) in [5.41, 5.74) is 24.2. The van der Waals surface area contributed by atoms with Crippen LogP contribution in [0.25, 0.3) is 0 Å². The molecule has 0 amide bonds. The summed E-state index contributed by atoms with van der Waals surface area (Å²) in [5, 5.41) is 20.2. The van der Waals surface area contributed by atoms with E-state index in [0.29, 0.717) is 5.46 Å². The lowest BCUT2D eigenvalue weighted by molar-refractivity contribution is 0.426. The van der Waals surface area contributed by atoms with E-state index < -0.39 is 7.12 Å². The molecule has 6 nitrogen and oxygen atoms in total. The van der Waals surface area contributed by atoms with E-state index in [1.807, 2.05) is 217 Å². The maximum atomic E-state index is 8.58. The highest BCUT2D eigenvalue weighted by Gasteiger charge is 2.07. The zero-order chi connectivity index (χ0) is 47.2. The molecule has 64 heavy (non-hydrogen) atoms. The summed E-state index contributed by atoms with van der Waals surface area (Å²) in [7, 11) is 0.571. The molecule has 0 bridgehead atoms. The standard InChI is InChI=1S/C7H9N.3C7H8.C6H7BO2.3C6H7N.2C2H6.CH4/c1-8-7-5-3-2-4-6-7;3*1-7-5-3-2-4-6-7;8-7(9)6-4-2-1-3-5-6;3*7-6-4-2-1-3-5-6;2*1-2;/h2-6,8H,1H3;3*2-6H,1H3;1-5,8-9H;3*1-5H,7H2;2*1-2H3;1H4. The van der Waals surface area contributed by atoms with Crippen LogP contribution in [0.15, 0.2) is 243 Å². The SMILES string of the molecule is C.CC.CC.CNc1ccccc1.Cc1ccccc1.Cc1ccccc1.Cc1ccccc1.Nc1ccccc1.Nc1ccccc1.Nc1ccccc1.OB(O)c1ccccc1. The lowest BCUT2D eigenvalue weighted by Gasteiger charge is -1.94. The molecular weight excluding hydrogens is 783 g/mol. The number of anilines is 4. The molecular formula is C57H77BN4O2. The summed E-state index contributed by atoms with van der Waals surface area (Å²) in [6, 6.07) is 78.0. The first-order valence-electron chi connectivity index (χ1n) is 21.2. The highest BCUT2D eigenvalue weighted by atomic mass is 16.4. The maximum Gasteiger partial charge on any atom is 0.488 e. The Balaban J connectivity index is -0.000000656. The third-order valence-corrected chi connectivity index (χ3v) is 7.38. The molecule has 0 saturated heterocycles. The minimum atomic E-state index is -1.34. The van der Waals surface area contributed by atoms with Gasteiger partial charge in [0.05, 0.1) is 0 Å². The molecule has 8 rings (SSSR count). The molecule has 0 aliphatic carbocycles. The van der Waals surface area contributed by atoms with Crippen LogP contribution in [0, 0.1) is 20.8 Å². The van der Waals surface area contributed by atoms with E-state index in [2.05, 4.69) is 62.5 Å². The summed E-state index contributed by atoms with van der Waals surface area (Å²) in [5.74, 6) is 0. The Morgan fingerprint density at radius 1 is 0.328 bits per heavy atom. The Kier molecular flexibility index (Phi) is 43.5. The Hall–Kier alpha value is -7.06. The summed E-state index contributed by atoms with van der Waals surface area (Å²) in [6.45, 7) is 14.3. The molecule has 0 aliphatic heterocycles. The predicted octanol–water partition coefficient (Wildman–Crippen LogP) is 13.6. The number of nitrogens with one attached hydrogen (secondary N) is 1. The molecule has 8 aromatic rings. The van der Waals surface area contributed by atoms with Crippen molar-refractivity contribution in [3.05, 3.63) is 259 Å². The number of rotatable bonds is 2. The van der Waals surface area contributed by atoms with Crippen molar-refractivity contribution in [1.29, 1.82) is 0 Å². The highest BCUT2D eigenvalue weighted by molar-refractivity contribution is 6.58. The van der Waals surface area contributed by atoms with Gasteiger partial charge in [0.1, 0.15) is 0 Å². The van der Waals surface area contributed by atoms with Crippen molar-refractivity contribution in [3.8, 4) is 0 Å².